The van der Waals surface area contributed by atoms with Gasteiger partial charge in [0, 0.05) is 17.6 Å². The molecular weight excluding hydrogens is 316 g/mol. The molecule has 0 aliphatic rings. The molecule has 4 rings (SSSR count). The topological polar surface area (TPSA) is 74.5 Å². The van der Waals surface area contributed by atoms with Crippen molar-refractivity contribution in [2.75, 3.05) is 7.11 Å². The summed E-state index contributed by atoms with van der Waals surface area (Å²) in [6.07, 6.45) is 3.07. The van der Waals surface area contributed by atoms with Gasteiger partial charge in [0.15, 0.2) is 5.65 Å². The first-order chi connectivity index (χ1) is 11.2. The number of carbonyl (C=O) groups is 1. The molecule has 0 bridgehead atoms. The average Bonchev–Trinajstić information content (AvgIpc) is 3.16. The van der Waals surface area contributed by atoms with Crippen molar-refractivity contribution in [2.24, 2.45) is 0 Å². The van der Waals surface area contributed by atoms with Crippen LogP contribution in [0, 0.1) is 0 Å². The maximum Gasteiger partial charge on any atom is 0.341 e. The molecule has 0 saturated carbocycles. The van der Waals surface area contributed by atoms with Crippen LogP contribution in [0.25, 0.3) is 21.3 Å². The number of thiazole rings is 1. The Morgan fingerprint density at radius 3 is 3.04 bits per heavy atom. The molecule has 0 unspecified atom stereocenters. The van der Waals surface area contributed by atoms with Crippen molar-refractivity contribution in [3.8, 4) is 10.9 Å². The predicted octanol–water partition coefficient (Wildman–Crippen LogP) is 4.02. The second kappa shape index (κ2) is 5.36. The van der Waals surface area contributed by atoms with Crippen molar-refractivity contribution >= 4 is 38.6 Å². The van der Waals surface area contributed by atoms with Gasteiger partial charge in [0.25, 0.3) is 5.19 Å². The molecule has 0 atom stereocenters. The Kier molecular flexibility index (Phi) is 3.20. The van der Waals surface area contributed by atoms with Crippen molar-refractivity contribution in [2.45, 2.75) is 0 Å². The van der Waals surface area contributed by atoms with Crippen molar-refractivity contribution in [1.82, 2.24) is 9.97 Å². The molecule has 0 fully saturated rings. The summed E-state index contributed by atoms with van der Waals surface area (Å²) in [6, 6.07) is 9.01. The number of carbonyl (C=O) groups excluding carboxylic acids is 1. The van der Waals surface area contributed by atoms with Crippen LogP contribution in [0.15, 0.2) is 47.2 Å². The van der Waals surface area contributed by atoms with Crippen LogP contribution in [0.2, 0.25) is 0 Å². The smallest absolute Gasteiger partial charge is 0.341 e. The Bertz CT molecular complexity index is 988. The molecule has 7 heteroatoms. The third-order valence-corrected chi connectivity index (χ3v) is 4.19. The SMILES string of the molecule is COC(=O)c1coc2cc(Oc3nc4ncccc4s3)ccc12. The molecule has 6 nitrogen and oxygen atoms in total. The van der Waals surface area contributed by atoms with Gasteiger partial charge in [-0.15, -0.1) is 0 Å². The normalized spacial score (nSPS) is 11.0. The molecular formula is C16H10N2O4S. The summed E-state index contributed by atoms with van der Waals surface area (Å²) in [5.41, 5.74) is 1.58. The Labute approximate surface area is 134 Å². The van der Waals surface area contributed by atoms with Crippen LogP contribution in [0.3, 0.4) is 0 Å². The number of pyridine rings is 1. The standard InChI is InChI=1S/C16H10N2O4S/c1-20-15(19)11-8-21-12-7-9(4-5-10(11)12)22-16-18-14-13(23-16)3-2-6-17-14/h2-8H,1H3. The van der Waals surface area contributed by atoms with E-state index in [1.807, 2.05) is 12.1 Å². The van der Waals surface area contributed by atoms with E-state index in [2.05, 4.69) is 9.97 Å². The van der Waals surface area contributed by atoms with E-state index in [-0.39, 0.29) is 0 Å². The fourth-order valence-electron chi connectivity index (χ4n) is 2.23. The van der Waals surface area contributed by atoms with Gasteiger partial charge in [-0.1, -0.05) is 11.3 Å². The van der Waals surface area contributed by atoms with Gasteiger partial charge in [-0.05, 0) is 24.3 Å². The fraction of sp³-hybridized carbons (Fsp3) is 0.0625. The zero-order valence-corrected chi connectivity index (χ0v) is 12.8. The minimum atomic E-state index is -0.435. The van der Waals surface area contributed by atoms with E-state index < -0.39 is 5.97 Å². The lowest BCUT2D eigenvalue weighted by Crippen LogP contribution is -1.99. The van der Waals surface area contributed by atoms with Crippen molar-refractivity contribution in [1.29, 1.82) is 0 Å². The van der Waals surface area contributed by atoms with Crippen molar-refractivity contribution < 1.29 is 18.7 Å². The Morgan fingerprint density at radius 2 is 2.22 bits per heavy atom. The maximum absolute atomic E-state index is 11.6. The third-order valence-electron chi connectivity index (χ3n) is 3.30. The number of nitrogens with zero attached hydrogens (tertiary/aromatic N) is 2. The van der Waals surface area contributed by atoms with Crippen LogP contribution in [-0.2, 0) is 4.74 Å². The number of benzene rings is 1. The van der Waals surface area contributed by atoms with E-state index in [4.69, 9.17) is 13.9 Å². The molecule has 0 amide bonds. The first-order valence-corrected chi connectivity index (χ1v) is 7.55. The molecule has 0 aliphatic heterocycles. The Hall–Kier alpha value is -2.93. The van der Waals surface area contributed by atoms with E-state index in [9.17, 15) is 4.79 Å². The molecule has 0 radical (unpaired) electrons. The lowest BCUT2D eigenvalue weighted by molar-refractivity contribution is 0.0602. The number of aromatic nitrogens is 2. The van der Waals surface area contributed by atoms with Gasteiger partial charge in [-0.3, -0.25) is 0 Å². The van der Waals surface area contributed by atoms with Crippen LogP contribution in [-0.4, -0.2) is 23.0 Å². The van der Waals surface area contributed by atoms with Crippen LogP contribution < -0.4 is 4.74 Å². The van der Waals surface area contributed by atoms with E-state index in [1.165, 1.54) is 24.7 Å². The summed E-state index contributed by atoms with van der Waals surface area (Å²) >= 11 is 1.41. The number of ether oxygens (including phenoxy) is 2. The highest BCUT2D eigenvalue weighted by Crippen LogP contribution is 2.32. The van der Waals surface area contributed by atoms with Gasteiger partial charge in [-0.2, -0.15) is 4.98 Å². The summed E-state index contributed by atoms with van der Waals surface area (Å²) in [6.45, 7) is 0. The van der Waals surface area contributed by atoms with E-state index in [0.29, 0.717) is 33.1 Å². The summed E-state index contributed by atoms with van der Waals surface area (Å²) < 4.78 is 16.8. The van der Waals surface area contributed by atoms with Gasteiger partial charge in [0.1, 0.15) is 23.2 Å². The first-order valence-electron chi connectivity index (χ1n) is 6.73. The molecule has 0 aliphatic carbocycles. The second-order valence-corrected chi connectivity index (χ2v) is 5.70. The predicted molar refractivity (Wildman–Crippen MR) is 85.0 cm³/mol. The van der Waals surface area contributed by atoms with Crippen molar-refractivity contribution in [3.05, 3.63) is 48.4 Å². The number of esters is 1. The molecule has 4 aromatic rings. The highest BCUT2D eigenvalue weighted by atomic mass is 32.1. The van der Waals surface area contributed by atoms with E-state index >= 15 is 0 Å². The highest BCUT2D eigenvalue weighted by Gasteiger charge is 2.15. The van der Waals surface area contributed by atoms with E-state index in [0.717, 1.165) is 4.70 Å². The van der Waals surface area contributed by atoms with Gasteiger partial charge in [0.2, 0.25) is 0 Å². The monoisotopic (exact) mass is 326 g/mol. The third kappa shape index (κ3) is 2.40. The average molecular weight is 326 g/mol. The van der Waals surface area contributed by atoms with Gasteiger partial charge >= 0.3 is 5.97 Å². The fourth-order valence-corrected chi connectivity index (χ4v) is 3.03. The maximum atomic E-state index is 11.6. The number of furan rings is 1. The summed E-state index contributed by atoms with van der Waals surface area (Å²) in [5, 5.41) is 1.17. The van der Waals surface area contributed by atoms with Gasteiger partial charge in [0.05, 0.1) is 11.8 Å². The van der Waals surface area contributed by atoms with E-state index in [1.54, 1.807) is 24.4 Å². The first kappa shape index (κ1) is 13.7. The van der Waals surface area contributed by atoms with Gasteiger partial charge < -0.3 is 13.9 Å². The number of hydrogen-bond donors (Lipinski definition) is 0. The van der Waals surface area contributed by atoms with Gasteiger partial charge in [-0.25, -0.2) is 9.78 Å². The molecule has 3 heterocycles. The van der Waals surface area contributed by atoms with Crippen LogP contribution in [0.4, 0.5) is 0 Å². The molecule has 114 valence electrons. The molecule has 1 aromatic carbocycles. The Morgan fingerprint density at radius 1 is 1.30 bits per heavy atom. The zero-order valence-electron chi connectivity index (χ0n) is 12.0. The van der Waals surface area contributed by atoms with Crippen LogP contribution in [0.5, 0.6) is 10.9 Å². The highest BCUT2D eigenvalue weighted by molar-refractivity contribution is 7.20. The number of rotatable bonds is 3. The number of methoxy groups -OCH3 is 1. The second-order valence-electron chi connectivity index (χ2n) is 4.71. The number of fused-ring (bicyclic) bond motifs is 2. The summed E-state index contributed by atoms with van der Waals surface area (Å²) in [5.74, 6) is 0.136. The summed E-state index contributed by atoms with van der Waals surface area (Å²) in [7, 11) is 1.33. The largest absolute Gasteiger partial charge is 0.465 e. The molecule has 0 N–H and O–H groups in total. The molecule has 3 aromatic heterocycles. The minimum Gasteiger partial charge on any atom is -0.465 e. The zero-order chi connectivity index (χ0) is 15.8. The summed E-state index contributed by atoms with van der Waals surface area (Å²) in [4.78, 5) is 20.1. The Balaban J connectivity index is 1.68. The molecule has 0 saturated heterocycles. The van der Waals surface area contributed by atoms with Crippen molar-refractivity contribution in [3.63, 3.8) is 0 Å². The number of hydrogen-bond acceptors (Lipinski definition) is 7. The van der Waals surface area contributed by atoms with Crippen LogP contribution in [0.1, 0.15) is 10.4 Å². The minimum absolute atomic E-state index is 0.387. The van der Waals surface area contributed by atoms with Crippen LogP contribution >= 0.6 is 11.3 Å². The lowest BCUT2D eigenvalue weighted by atomic mass is 10.2. The quantitative estimate of drug-likeness (QED) is 0.529. The lowest BCUT2D eigenvalue weighted by Gasteiger charge is -2.01. The molecule has 23 heavy (non-hydrogen) atoms. The molecule has 0 spiro atoms.